The Hall–Kier alpha value is -4.58. The average Bonchev–Trinajstić information content (AvgIpc) is 3.51. The molecule has 32 heavy (non-hydrogen) atoms. The van der Waals surface area contributed by atoms with Gasteiger partial charge in [0.25, 0.3) is 5.91 Å². The van der Waals surface area contributed by atoms with E-state index in [0.717, 1.165) is 11.3 Å². The van der Waals surface area contributed by atoms with Gasteiger partial charge in [0.15, 0.2) is 11.6 Å². The van der Waals surface area contributed by atoms with Crippen molar-refractivity contribution < 1.29 is 18.7 Å². The summed E-state index contributed by atoms with van der Waals surface area (Å²) in [4.78, 5) is 16.8. The van der Waals surface area contributed by atoms with Gasteiger partial charge in [-0.05, 0) is 48.5 Å². The van der Waals surface area contributed by atoms with E-state index < -0.39 is 5.91 Å². The number of aromatic nitrogens is 3. The summed E-state index contributed by atoms with van der Waals surface area (Å²) in [6.07, 6.45) is 0. The second-order valence-electron chi connectivity index (χ2n) is 6.68. The van der Waals surface area contributed by atoms with Gasteiger partial charge in [0.2, 0.25) is 0 Å². The number of furan rings is 1. The molecule has 1 amide bonds. The number of nitrogens with one attached hydrogen (secondary N) is 2. The van der Waals surface area contributed by atoms with Crippen LogP contribution in [0.3, 0.4) is 0 Å². The highest BCUT2D eigenvalue weighted by Crippen LogP contribution is 2.20. The number of methoxy groups -OCH3 is 1. The summed E-state index contributed by atoms with van der Waals surface area (Å²) in [5.74, 6) is 2.44. The molecule has 2 aromatic heterocycles. The second-order valence-corrected chi connectivity index (χ2v) is 6.68. The van der Waals surface area contributed by atoms with Crippen LogP contribution >= 0.6 is 0 Å². The first-order chi connectivity index (χ1) is 15.7. The smallest absolute Gasteiger partial charge is 0.287 e. The Labute approximate surface area is 183 Å². The van der Waals surface area contributed by atoms with Gasteiger partial charge in [0.1, 0.15) is 35.8 Å². The Morgan fingerprint density at radius 3 is 2.75 bits per heavy atom. The SMILES string of the molecule is COc1ccc(-c2n[nH]c(CNC(=O)c3ccc(COc4ccccc4C#N)o3)n2)cc1. The van der Waals surface area contributed by atoms with Gasteiger partial charge >= 0.3 is 0 Å². The van der Waals surface area contributed by atoms with Crippen LogP contribution in [0.4, 0.5) is 0 Å². The van der Waals surface area contributed by atoms with Crippen molar-refractivity contribution in [2.75, 3.05) is 7.11 Å². The summed E-state index contributed by atoms with van der Waals surface area (Å²) in [6, 6.07) is 19.5. The Balaban J connectivity index is 1.32. The number of carbonyl (C=O) groups is 1. The summed E-state index contributed by atoms with van der Waals surface area (Å²) >= 11 is 0. The molecule has 2 heterocycles. The van der Waals surface area contributed by atoms with Crippen LogP contribution in [0.1, 0.15) is 27.7 Å². The van der Waals surface area contributed by atoms with Crippen LogP contribution in [0.15, 0.2) is 65.1 Å². The number of aromatic amines is 1. The number of nitriles is 1. The van der Waals surface area contributed by atoms with Crippen molar-refractivity contribution in [1.29, 1.82) is 5.26 Å². The summed E-state index contributed by atoms with van der Waals surface area (Å²) in [5, 5.41) is 18.8. The minimum absolute atomic E-state index is 0.0965. The Bertz CT molecular complexity index is 1250. The molecule has 0 aliphatic carbocycles. The molecule has 0 aliphatic rings. The fraction of sp³-hybridized carbons (Fsp3) is 0.130. The van der Waals surface area contributed by atoms with E-state index in [1.165, 1.54) is 0 Å². The summed E-state index contributed by atoms with van der Waals surface area (Å²) in [6.45, 7) is 0.253. The molecule has 0 radical (unpaired) electrons. The highest BCUT2D eigenvalue weighted by Gasteiger charge is 2.13. The number of rotatable bonds is 8. The molecule has 0 unspecified atom stereocenters. The third-order valence-electron chi connectivity index (χ3n) is 4.56. The Kier molecular flexibility index (Phi) is 6.13. The minimum atomic E-state index is -0.393. The van der Waals surface area contributed by atoms with Crippen molar-refractivity contribution in [2.45, 2.75) is 13.2 Å². The van der Waals surface area contributed by atoms with Gasteiger partial charge in [-0.25, -0.2) is 4.98 Å². The molecule has 9 heteroatoms. The van der Waals surface area contributed by atoms with E-state index in [1.807, 2.05) is 24.3 Å². The summed E-state index contributed by atoms with van der Waals surface area (Å²) < 4.78 is 16.3. The zero-order valence-electron chi connectivity index (χ0n) is 17.2. The Morgan fingerprint density at radius 1 is 1.16 bits per heavy atom. The lowest BCUT2D eigenvalue weighted by atomic mass is 10.2. The molecular weight excluding hydrogens is 410 g/mol. The van der Waals surface area contributed by atoms with Crippen LogP contribution in [-0.2, 0) is 13.2 Å². The first-order valence-electron chi connectivity index (χ1n) is 9.71. The number of carbonyl (C=O) groups excluding carboxylic acids is 1. The van der Waals surface area contributed by atoms with E-state index in [9.17, 15) is 4.79 Å². The van der Waals surface area contributed by atoms with E-state index in [0.29, 0.717) is 28.7 Å². The van der Waals surface area contributed by atoms with E-state index in [-0.39, 0.29) is 18.9 Å². The molecule has 0 bridgehead atoms. The number of amides is 1. The van der Waals surface area contributed by atoms with E-state index >= 15 is 0 Å². The van der Waals surface area contributed by atoms with Gasteiger partial charge in [-0.2, -0.15) is 10.4 Å². The van der Waals surface area contributed by atoms with Crippen molar-refractivity contribution in [3.63, 3.8) is 0 Å². The summed E-state index contributed by atoms with van der Waals surface area (Å²) in [5.41, 5.74) is 1.26. The van der Waals surface area contributed by atoms with Gasteiger partial charge in [0, 0.05) is 5.56 Å². The predicted molar refractivity (Wildman–Crippen MR) is 114 cm³/mol. The average molecular weight is 429 g/mol. The third-order valence-corrected chi connectivity index (χ3v) is 4.56. The van der Waals surface area contributed by atoms with Gasteiger partial charge in [-0.3, -0.25) is 9.89 Å². The number of hydrogen-bond donors (Lipinski definition) is 2. The summed E-state index contributed by atoms with van der Waals surface area (Å²) in [7, 11) is 1.60. The molecular formula is C23H19N5O4. The standard InChI is InChI=1S/C23H19N5O4/c1-30-17-8-6-15(7-9-17)22-26-21(27-28-22)13-25-23(29)20-11-10-18(32-20)14-31-19-5-3-2-4-16(19)12-24/h2-11H,13-14H2,1H3,(H,25,29)(H,26,27,28). The van der Waals surface area contributed by atoms with Crippen LogP contribution in [0.2, 0.25) is 0 Å². The zero-order chi connectivity index (χ0) is 22.3. The second kappa shape index (κ2) is 9.49. The zero-order valence-corrected chi connectivity index (χ0v) is 17.2. The first kappa shape index (κ1) is 20.7. The molecule has 9 nitrogen and oxygen atoms in total. The maximum absolute atomic E-state index is 12.4. The fourth-order valence-electron chi connectivity index (χ4n) is 2.91. The molecule has 160 valence electrons. The lowest BCUT2D eigenvalue weighted by Gasteiger charge is -2.05. The molecule has 0 saturated heterocycles. The van der Waals surface area contributed by atoms with Crippen LogP contribution in [-0.4, -0.2) is 28.2 Å². The van der Waals surface area contributed by atoms with Gasteiger partial charge < -0.3 is 19.2 Å². The van der Waals surface area contributed by atoms with Crippen molar-refractivity contribution in [2.24, 2.45) is 0 Å². The van der Waals surface area contributed by atoms with Crippen LogP contribution in [0.25, 0.3) is 11.4 Å². The topological polar surface area (TPSA) is 126 Å². The lowest BCUT2D eigenvalue weighted by Crippen LogP contribution is -2.22. The maximum atomic E-state index is 12.4. The largest absolute Gasteiger partial charge is 0.497 e. The van der Waals surface area contributed by atoms with E-state index in [4.69, 9.17) is 19.2 Å². The number of nitrogens with zero attached hydrogens (tertiary/aromatic N) is 3. The maximum Gasteiger partial charge on any atom is 0.287 e. The third kappa shape index (κ3) is 4.76. The van der Waals surface area contributed by atoms with E-state index in [1.54, 1.807) is 43.5 Å². The minimum Gasteiger partial charge on any atom is -0.497 e. The van der Waals surface area contributed by atoms with Crippen molar-refractivity contribution in [3.8, 4) is 29.0 Å². The van der Waals surface area contributed by atoms with Crippen molar-refractivity contribution in [1.82, 2.24) is 20.5 Å². The van der Waals surface area contributed by atoms with E-state index in [2.05, 4.69) is 26.6 Å². The normalized spacial score (nSPS) is 10.4. The number of H-pyrrole nitrogens is 1. The quantitative estimate of drug-likeness (QED) is 0.439. The monoisotopic (exact) mass is 429 g/mol. The van der Waals surface area contributed by atoms with Gasteiger partial charge in [0.05, 0.1) is 19.2 Å². The number of ether oxygens (including phenoxy) is 2. The van der Waals surface area contributed by atoms with Crippen molar-refractivity contribution >= 4 is 5.91 Å². The predicted octanol–water partition coefficient (Wildman–Crippen LogP) is 3.45. The molecule has 0 aliphatic heterocycles. The first-order valence-corrected chi connectivity index (χ1v) is 9.71. The molecule has 0 saturated carbocycles. The number of para-hydroxylation sites is 1. The molecule has 4 rings (SSSR count). The number of benzene rings is 2. The lowest BCUT2D eigenvalue weighted by molar-refractivity contribution is 0.0918. The van der Waals surface area contributed by atoms with Crippen molar-refractivity contribution in [3.05, 3.63) is 83.6 Å². The number of hydrogen-bond acceptors (Lipinski definition) is 7. The van der Waals surface area contributed by atoms with Gasteiger partial charge in [-0.1, -0.05) is 12.1 Å². The Morgan fingerprint density at radius 2 is 1.97 bits per heavy atom. The highest BCUT2D eigenvalue weighted by molar-refractivity contribution is 5.91. The van der Waals surface area contributed by atoms with Crippen LogP contribution in [0.5, 0.6) is 11.5 Å². The van der Waals surface area contributed by atoms with Crippen LogP contribution < -0.4 is 14.8 Å². The molecule has 2 N–H and O–H groups in total. The molecule has 0 atom stereocenters. The highest BCUT2D eigenvalue weighted by atomic mass is 16.5. The molecule has 4 aromatic rings. The molecule has 0 spiro atoms. The van der Waals surface area contributed by atoms with Gasteiger partial charge in [-0.15, -0.1) is 0 Å². The fourth-order valence-corrected chi connectivity index (χ4v) is 2.91. The molecule has 2 aromatic carbocycles. The van der Waals surface area contributed by atoms with Crippen LogP contribution in [0, 0.1) is 11.3 Å². The molecule has 0 fully saturated rings.